The van der Waals surface area contributed by atoms with Gasteiger partial charge in [-0.3, -0.25) is 4.79 Å². The zero-order chi connectivity index (χ0) is 15.4. The summed E-state index contributed by atoms with van der Waals surface area (Å²) in [7, 11) is 0. The minimum absolute atomic E-state index is 0.0979. The van der Waals surface area contributed by atoms with Crippen molar-refractivity contribution in [1.29, 1.82) is 0 Å². The number of carboxylic acids is 1. The van der Waals surface area contributed by atoms with Crippen LogP contribution in [0.2, 0.25) is 0 Å². The summed E-state index contributed by atoms with van der Waals surface area (Å²) in [5, 5.41) is 9.75. The predicted octanol–water partition coefficient (Wildman–Crippen LogP) is 3.61. The smallest absolute Gasteiger partial charge is 0.307 e. The number of fused-ring (bicyclic) bond motifs is 1. The second-order valence-corrected chi connectivity index (χ2v) is 5.01. The van der Waals surface area contributed by atoms with E-state index in [9.17, 15) is 9.18 Å². The lowest BCUT2D eigenvalue weighted by atomic mass is 10.1. The molecule has 0 amide bonds. The summed E-state index contributed by atoms with van der Waals surface area (Å²) in [6.07, 6.45) is 3.53. The Bertz CT molecular complexity index is 648. The zero-order valence-corrected chi connectivity index (χ0v) is 12.4. The summed E-state index contributed by atoms with van der Waals surface area (Å²) in [5.74, 6) is -0.848. The van der Waals surface area contributed by atoms with Crippen LogP contribution in [0.5, 0.6) is 5.75 Å². The molecule has 0 aliphatic carbocycles. The van der Waals surface area contributed by atoms with E-state index < -0.39 is 5.97 Å². The van der Waals surface area contributed by atoms with Crippen molar-refractivity contribution in [3.63, 3.8) is 0 Å². The quantitative estimate of drug-likeness (QED) is 0.793. The van der Waals surface area contributed by atoms with E-state index >= 15 is 0 Å². The van der Waals surface area contributed by atoms with Crippen LogP contribution in [0.25, 0.3) is 10.9 Å². The van der Waals surface area contributed by atoms with Crippen LogP contribution in [0.4, 0.5) is 4.39 Å². The monoisotopic (exact) mass is 293 g/mol. The Morgan fingerprint density at radius 1 is 1.38 bits per heavy atom. The molecule has 1 N–H and O–H groups in total. The number of carboxylic acid groups (broad SMARTS) is 1. The van der Waals surface area contributed by atoms with E-state index in [-0.39, 0.29) is 12.2 Å². The molecule has 0 spiro atoms. The van der Waals surface area contributed by atoms with Crippen LogP contribution >= 0.6 is 0 Å². The maximum absolute atomic E-state index is 13.8. The molecule has 2 rings (SSSR count). The Morgan fingerprint density at radius 3 is 2.76 bits per heavy atom. The van der Waals surface area contributed by atoms with E-state index in [0.29, 0.717) is 35.4 Å². The van der Waals surface area contributed by atoms with Gasteiger partial charge in [-0.1, -0.05) is 13.3 Å². The number of nitrogens with zero attached hydrogens (tertiary/aromatic N) is 1. The SMILES string of the molecule is CCCCOc1cc(F)cc2c1c(CC(=O)O)cn2CC. The van der Waals surface area contributed by atoms with Crippen molar-refractivity contribution in [1.82, 2.24) is 4.57 Å². The van der Waals surface area contributed by atoms with Crippen molar-refractivity contribution in [2.24, 2.45) is 0 Å². The third-order valence-electron chi connectivity index (χ3n) is 3.43. The fourth-order valence-electron chi connectivity index (χ4n) is 2.44. The molecule has 1 heterocycles. The van der Waals surface area contributed by atoms with Crippen LogP contribution in [0.15, 0.2) is 18.3 Å². The number of benzene rings is 1. The van der Waals surface area contributed by atoms with Gasteiger partial charge in [-0.2, -0.15) is 0 Å². The highest BCUT2D eigenvalue weighted by Gasteiger charge is 2.16. The Balaban J connectivity index is 2.54. The minimum Gasteiger partial charge on any atom is -0.493 e. The van der Waals surface area contributed by atoms with Gasteiger partial charge in [-0.25, -0.2) is 4.39 Å². The van der Waals surface area contributed by atoms with Gasteiger partial charge in [0.25, 0.3) is 0 Å². The Kier molecular flexibility index (Phi) is 4.83. The van der Waals surface area contributed by atoms with Crippen LogP contribution in [0, 0.1) is 5.82 Å². The lowest BCUT2D eigenvalue weighted by Crippen LogP contribution is -2.01. The minimum atomic E-state index is -0.908. The van der Waals surface area contributed by atoms with E-state index in [0.717, 1.165) is 12.8 Å². The van der Waals surface area contributed by atoms with Crippen LogP contribution in [0.1, 0.15) is 32.3 Å². The summed E-state index contributed by atoms with van der Waals surface area (Å²) in [6, 6.07) is 2.76. The summed E-state index contributed by atoms with van der Waals surface area (Å²) < 4.78 is 21.3. The number of ether oxygens (including phenoxy) is 1. The number of rotatable bonds is 7. The van der Waals surface area contributed by atoms with Crippen molar-refractivity contribution in [2.45, 2.75) is 39.7 Å². The van der Waals surface area contributed by atoms with Gasteiger partial charge in [0, 0.05) is 24.2 Å². The predicted molar refractivity (Wildman–Crippen MR) is 79.3 cm³/mol. The first-order valence-corrected chi connectivity index (χ1v) is 7.22. The molecule has 4 nitrogen and oxygen atoms in total. The molecule has 0 radical (unpaired) electrons. The number of halogens is 1. The average molecular weight is 293 g/mol. The molecule has 1 aromatic heterocycles. The molecule has 0 aliphatic heterocycles. The largest absolute Gasteiger partial charge is 0.493 e. The normalized spacial score (nSPS) is 11.0. The van der Waals surface area contributed by atoms with E-state index in [4.69, 9.17) is 9.84 Å². The fourth-order valence-corrected chi connectivity index (χ4v) is 2.44. The summed E-state index contributed by atoms with van der Waals surface area (Å²) in [6.45, 7) is 5.13. The summed E-state index contributed by atoms with van der Waals surface area (Å²) >= 11 is 0. The molecule has 1 aromatic carbocycles. The number of hydrogen-bond donors (Lipinski definition) is 1. The van der Waals surface area contributed by atoms with Crippen LogP contribution in [-0.4, -0.2) is 22.2 Å². The molecule has 0 fully saturated rings. The lowest BCUT2D eigenvalue weighted by molar-refractivity contribution is -0.136. The first-order valence-electron chi connectivity index (χ1n) is 7.22. The van der Waals surface area contributed by atoms with Crippen molar-refractivity contribution >= 4 is 16.9 Å². The zero-order valence-electron chi connectivity index (χ0n) is 12.4. The van der Waals surface area contributed by atoms with Crippen molar-refractivity contribution in [3.8, 4) is 5.75 Å². The maximum Gasteiger partial charge on any atom is 0.307 e. The number of aliphatic carboxylic acids is 1. The van der Waals surface area contributed by atoms with Gasteiger partial charge in [0.15, 0.2) is 0 Å². The van der Waals surface area contributed by atoms with Gasteiger partial charge >= 0.3 is 5.97 Å². The molecule has 0 saturated heterocycles. The molecule has 0 aliphatic rings. The topological polar surface area (TPSA) is 51.5 Å². The lowest BCUT2D eigenvalue weighted by Gasteiger charge is -2.09. The number of aromatic nitrogens is 1. The molecular weight excluding hydrogens is 273 g/mol. The summed E-state index contributed by atoms with van der Waals surface area (Å²) in [4.78, 5) is 11.0. The van der Waals surface area contributed by atoms with E-state index in [1.807, 2.05) is 18.4 Å². The second-order valence-electron chi connectivity index (χ2n) is 5.01. The third kappa shape index (κ3) is 3.35. The highest BCUT2D eigenvalue weighted by atomic mass is 19.1. The number of aryl methyl sites for hydroxylation is 1. The van der Waals surface area contributed by atoms with Gasteiger partial charge in [0.1, 0.15) is 11.6 Å². The summed E-state index contributed by atoms with van der Waals surface area (Å²) in [5.41, 5.74) is 1.34. The van der Waals surface area contributed by atoms with Gasteiger partial charge in [0.05, 0.1) is 18.5 Å². The standard InChI is InChI=1S/C16H20FNO3/c1-3-5-6-21-14-9-12(17)8-13-16(14)11(7-15(19)20)10-18(13)4-2/h8-10H,3-7H2,1-2H3,(H,19,20). The van der Waals surface area contributed by atoms with E-state index in [2.05, 4.69) is 0 Å². The van der Waals surface area contributed by atoms with Crippen molar-refractivity contribution in [3.05, 3.63) is 29.7 Å². The van der Waals surface area contributed by atoms with E-state index in [1.54, 1.807) is 6.20 Å². The van der Waals surface area contributed by atoms with Gasteiger partial charge < -0.3 is 14.4 Å². The van der Waals surface area contributed by atoms with Crippen molar-refractivity contribution < 1.29 is 19.0 Å². The molecular formula is C16H20FNO3. The number of hydrogen-bond acceptors (Lipinski definition) is 2. The first-order chi connectivity index (χ1) is 10.1. The van der Waals surface area contributed by atoms with Crippen LogP contribution in [-0.2, 0) is 17.8 Å². The number of unbranched alkanes of at least 4 members (excludes halogenated alkanes) is 1. The molecule has 0 bridgehead atoms. The molecule has 0 atom stereocenters. The Morgan fingerprint density at radius 2 is 2.14 bits per heavy atom. The number of carbonyl (C=O) groups is 1. The van der Waals surface area contributed by atoms with Gasteiger partial charge in [0.2, 0.25) is 0 Å². The average Bonchev–Trinajstić information content (AvgIpc) is 2.76. The molecule has 114 valence electrons. The molecule has 0 saturated carbocycles. The van der Waals surface area contributed by atoms with Crippen LogP contribution < -0.4 is 4.74 Å². The fraction of sp³-hybridized carbons (Fsp3) is 0.438. The van der Waals surface area contributed by atoms with Crippen LogP contribution in [0.3, 0.4) is 0 Å². The highest BCUT2D eigenvalue weighted by Crippen LogP contribution is 2.32. The maximum atomic E-state index is 13.8. The highest BCUT2D eigenvalue weighted by molar-refractivity contribution is 5.92. The molecule has 21 heavy (non-hydrogen) atoms. The van der Waals surface area contributed by atoms with Gasteiger partial charge in [-0.05, 0) is 25.0 Å². The molecule has 2 aromatic rings. The van der Waals surface area contributed by atoms with Gasteiger partial charge in [-0.15, -0.1) is 0 Å². The Labute approximate surface area is 123 Å². The third-order valence-corrected chi connectivity index (χ3v) is 3.43. The Hall–Kier alpha value is -2.04. The van der Waals surface area contributed by atoms with E-state index in [1.165, 1.54) is 12.1 Å². The second kappa shape index (κ2) is 6.61. The first kappa shape index (κ1) is 15.4. The molecule has 5 heteroatoms. The molecule has 0 unspecified atom stereocenters. The van der Waals surface area contributed by atoms with Crippen molar-refractivity contribution in [2.75, 3.05) is 6.61 Å².